The van der Waals surface area contributed by atoms with Gasteiger partial charge >= 0.3 is 62.4 Å². The van der Waals surface area contributed by atoms with Gasteiger partial charge in [-0.3, -0.25) is 36.4 Å². The minimum Gasteiger partial charge on any atom is -0.345 e. The molecule has 2 aliphatic heterocycles. The average Bonchev–Trinajstić information content (AvgIpc) is 3.12. The van der Waals surface area contributed by atoms with Gasteiger partial charge in [0.25, 0.3) is 20.2 Å². The fourth-order valence-corrected chi connectivity index (χ4v) is 8.79. The Balaban J connectivity index is 3.08. The first-order valence-corrected chi connectivity index (χ1v) is 23.9. The molecule has 0 aromatic rings. The zero-order chi connectivity index (χ0) is 42.3. The molecule has 0 bridgehead atoms. The maximum Gasteiger partial charge on any atom is 0.397 e. The summed E-state index contributed by atoms with van der Waals surface area (Å²) in [7, 11) is -47.4. The Labute approximate surface area is 303 Å². The molecule has 54 heavy (non-hydrogen) atoms. The van der Waals surface area contributed by atoms with E-state index in [0.29, 0.717) is 0 Å². The number of hydrogen-bond acceptors (Lipinski definition) is 25. The summed E-state index contributed by atoms with van der Waals surface area (Å²) in [4.78, 5) is 0. The molecule has 8 N–H and O–H groups in total. The third-order valence-corrected chi connectivity index (χ3v) is 10.3. The highest BCUT2D eigenvalue weighted by atomic mass is 32.3. The molecule has 2 fully saturated rings. The second-order valence-electron chi connectivity index (χ2n) is 10.1. The van der Waals surface area contributed by atoms with Gasteiger partial charge in [0.15, 0.2) is 12.4 Å². The minimum atomic E-state index is -6.20. The third kappa shape index (κ3) is 17.2. The van der Waals surface area contributed by atoms with Gasteiger partial charge in [0.05, 0.1) is 18.3 Å². The predicted molar refractivity (Wildman–Crippen MR) is 154 cm³/mol. The van der Waals surface area contributed by atoms with E-state index >= 15 is 0 Å². The molecule has 0 spiro atoms. The normalized spacial score (nSPS) is 31.0. The number of ether oxygens (including phenoxy) is 3. The molecule has 0 amide bonds. The molecule has 9 unspecified atom stereocenters. The zero-order valence-corrected chi connectivity index (χ0v) is 31.5. The molecular formula is C13H24O33S8. The van der Waals surface area contributed by atoms with Crippen LogP contribution in [0.4, 0.5) is 0 Å². The van der Waals surface area contributed by atoms with Crippen LogP contribution in [-0.4, -0.2) is 177 Å². The van der Waals surface area contributed by atoms with Crippen molar-refractivity contribution in [3.05, 3.63) is 0 Å². The van der Waals surface area contributed by atoms with Crippen LogP contribution in [0.25, 0.3) is 0 Å². The summed E-state index contributed by atoms with van der Waals surface area (Å²) in [6, 6.07) is 0. The monoisotopic (exact) mass is 964 g/mol. The van der Waals surface area contributed by atoms with E-state index in [1.54, 1.807) is 0 Å². The van der Waals surface area contributed by atoms with Gasteiger partial charge in [-0.2, -0.15) is 67.3 Å². The minimum absolute atomic E-state index is 1.88. The summed E-state index contributed by atoms with van der Waals surface area (Å²) in [6.07, 6.45) is -22.0. The predicted octanol–water partition coefficient (Wildman–Crippen LogP) is -6.39. The molecule has 0 saturated carbocycles. The van der Waals surface area contributed by atoms with Crippen LogP contribution >= 0.6 is 0 Å². The largest absolute Gasteiger partial charge is 0.397 e. The Morgan fingerprint density at radius 2 is 0.907 bits per heavy atom. The summed E-state index contributed by atoms with van der Waals surface area (Å²) in [6.45, 7) is -4.19. The van der Waals surface area contributed by atoms with E-state index in [1.165, 1.54) is 0 Å². The number of rotatable bonds is 20. The molecule has 2 heterocycles. The van der Waals surface area contributed by atoms with Crippen molar-refractivity contribution < 1.29 is 143 Å². The smallest absolute Gasteiger partial charge is 0.345 e. The lowest BCUT2D eigenvalue weighted by Gasteiger charge is -2.46. The lowest BCUT2D eigenvalue weighted by molar-refractivity contribution is -0.365. The van der Waals surface area contributed by atoms with Crippen molar-refractivity contribution in [2.45, 2.75) is 48.7 Å². The molecule has 0 aromatic heterocycles. The van der Waals surface area contributed by atoms with E-state index in [0.717, 1.165) is 0 Å². The SMILES string of the molecule is O=S(=O)(O)CC1OC(OC2(COS(=O)(=O)O)OC(COS(=O)(=O)O)C(OS(=O)(=O)O)C2OS(=O)(=O)O)C(CS(=O)(=O)O)C(OS(=O)(=O)O)C1OS(=O)(=O)O. The van der Waals surface area contributed by atoms with Crippen molar-refractivity contribution in [3.8, 4) is 0 Å². The van der Waals surface area contributed by atoms with Crippen molar-refractivity contribution >= 4 is 82.6 Å². The van der Waals surface area contributed by atoms with Gasteiger partial charge in [-0.15, -0.1) is 0 Å². The fraction of sp³-hybridized carbons (Fsp3) is 1.00. The summed E-state index contributed by atoms with van der Waals surface area (Å²) >= 11 is 0. The van der Waals surface area contributed by atoms with Crippen LogP contribution < -0.4 is 0 Å². The molecule has 322 valence electrons. The van der Waals surface area contributed by atoms with Crippen molar-refractivity contribution in [2.75, 3.05) is 24.7 Å². The van der Waals surface area contributed by atoms with E-state index < -0.39 is 162 Å². The molecule has 0 radical (unpaired) electrons. The molecule has 33 nitrogen and oxygen atoms in total. The van der Waals surface area contributed by atoms with E-state index in [9.17, 15) is 99.2 Å². The van der Waals surface area contributed by atoms with Crippen LogP contribution in [-0.2, 0) is 122 Å². The van der Waals surface area contributed by atoms with Gasteiger partial charge in [0, 0.05) is 0 Å². The second kappa shape index (κ2) is 16.6. The van der Waals surface area contributed by atoms with Gasteiger partial charge in [-0.1, -0.05) is 0 Å². The first-order chi connectivity index (χ1) is 23.7. The lowest BCUT2D eigenvalue weighted by Crippen LogP contribution is -2.64. The highest BCUT2D eigenvalue weighted by Crippen LogP contribution is 2.43. The molecule has 0 aromatic carbocycles. The second-order valence-corrected chi connectivity index (χ2v) is 19.5. The average molecular weight is 965 g/mol. The first kappa shape index (κ1) is 49.1. The molecule has 0 aliphatic carbocycles. The molecule has 2 saturated heterocycles. The highest BCUT2D eigenvalue weighted by Gasteiger charge is 2.65. The molecule has 41 heteroatoms. The Kier molecular flexibility index (Phi) is 15.1. The van der Waals surface area contributed by atoms with E-state index in [2.05, 4.69) is 25.1 Å². The Bertz CT molecular complexity index is 2260. The summed E-state index contributed by atoms with van der Waals surface area (Å²) < 4.78 is 302. The van der Waals surface area contributed by atoms with Crippen LogP contribution in [0.5, 0.6) is 0 Å². The van der Waals surface area contributed by atoms with Crippen LogP contribution in [0, 0.1) is 5.92 Å². The summed E-state index contributed by atoms with van der Waals surface area (Å²) in [5.41, 5.74) is 0. The molecule has 2 rings (SSSR count). The van der Waals surface area contributed by atoms with Crippen molar-refractivity contribution in [1.82, 2.24) is 0 Å². The van der Waals surface area contributed by atoms with E-state index in [-0.39, 0.29) is 0 Å². The highest BCUT2D eigenvalue weighted by molar-refractivity contribution is 7.86. The van der Waals surface area contributed by atoms with E-state index in [1.807, 2.05) is 0 Å². The molecule has 9 atom stereocenters. The fourth-order valence-electron chi connectivity index (χ4n) is 4.59. The van der Waals surface area contributed by atoms with Gasteiger partial charge < -0.3 is 14.2 Å². The summed E-state index contributed by atoms with van der Waals surface area (Å²) in [5, 5.41) is 0. The van der Waals surface area contributed by atoms with Gasteiger partial charge in [0.1, 0.15) is 42.9 Å². The Morgan fingerprint density at radius 3 is 1.31 bits per heavy atom. The maximum atomic E-state index is 12.0. The third-order valence-electron chi connectivity index (χ3n) is 6.03. The molecule has 2 aliphatic rings. The number of hydrogen-bond donors (Lipinski definition) is 8. The van der Waals surface area contributed by atoms with Crippen LogP contribution in [0.3, 0.4) is 0 Å². The Hall–Kier alpha value is -1.08. The van der Waals surface area contributed by atoms with Gasteiger partial charge in [-0.25, -0.2) is 25.1 Å². The quantitative estimate of drug-likeness (QED) is 0.0526. The van der Waals surface area contributed by atoms with Crippen LogP contribution in [0.1, 0.15) is 0 Å². The van der Waals surface area contributed by atoms with Crippen molar-refractivity contribution in [2.24, 2.45) is 5.92 Å². The van der Waals surface area contributed by atoms with Gasteiger partial charge in [0.2, 0.25) is 5.79 Å². The van der Waals surface area contributed by atoms with E-state index in [4.69, 9.17) is 18.8 Å². The van der Waals surface area contributed by atoms with Crippen molar-refractivity contribution in [1.29, 1.82) is 0 Å². The zero-order valence-electron chi connectivity index (χ0n) is 25.0. The Morgan fingerprint density at radius 1 is 0.481 bits per heavy atom. The van der Waals surface area contributed by atoms with Crippen LogP contribution in [0.2, 0.25) is 0 Å². The molecular weight excluding hydrogens is 941 g/mol. The lowest BCUT2D eigenvalue weighted by atomic mass is 9.92. The van der Waals surface area contributed by atoms with Gasteiger partial charge in [-0.05, 0) is 0 Å². The topological polar surface area (TPSA) is 518 Å². The first-order valence-electron chi connectivity index (χ1n) is 12.4. The summed E-state index contributed by atoms with van der Waals surface area (Å²) in [5.74, 6) is -11.3. The standard InChI is InChI=1S/C13H24O33S8/c14-47(15,16)2-5-8(43-51(26,27)28)9(44-52(29,30)31)7(3-48(17,18)19)40-12(5)42-13(4-39-50(23,24)25)11(46-54(35,36)37)10(45-53(32,33)34)6(41-13)1-38-49(20,21)22/h5-12H,1-4H2,(H,14,15,16)(H,17,18,19)(H,20,21,22)(H,23,24,25)(H,26,27,28)(H,29,30,31)(H,32,33,34)(H,35,36,37). The maximum absolute atomic E-state index is 12.0. The van der Waals surface area contributed by atoms with Crippen molar-refractivity contribution in [3.63, 3.8) is 0 Å². The van der Waals surface area contributed by atoms with Crippen LogP contribution in [0.15, 0.2) is 0 Å².